The molecule has 0 N–H and O–H groups in total. The molecule has 1 aliphatic rings. The van der Waals surface area contributed by atoms with Crippen LogP contribution in [0.3, 0.4) is 0 Å². The molecule has 3 aromatic heterocycles. The van der Waals surface area contributed by atoms with Crippen LogP contribution < -0.4 is 9.47 Å². The average molecular weight is 1010 g/mol. The van der Waals surface area contributed by atoms with Crippen LogP contribution in [-0.4, -0.2) is 25.3 Å². The molecular formula is C57H46N4O2Pt-2. The SMILES string of the molecule is CC(C)(C)c1cc(-c2ccccc2)c(-n2[c](=[Pt])n(-c3[c-]c(Oc4[c-]c5c(cc4)c4cc6c(cc4n5-c4ccccn4)OCCC6(C)C)ccc3)c3ccccc32)c(-c2ccccc2)c1. The van der Waals surface area contributed by atoms with E-state index in [1.165, 1.54) is 22.3 Å². The molecule has 0 spiro atoms. The first-order chi connectivity index (χ1) is 31.0. The second kappa shape index (κ2) is 15.5. The summed E-state index contributed by atoms with van der Waals surface area (Å²) in [5.74, 6) is 2.91. The second-order valence-corrected chi connectivity index (χ2v) is 19.3. The number of aromatic nitrogens is 4. The van der Waals surface area contributed by atoms with Gasteiger partial charge in [-0.05, 0) is 23.5 Å². The summed E-state index contributed by atoms with van der Waals surface area (Å²) in [5.41, 5.74) is 13.1. The van der Waals surface area contributed by atoms with E-state index >= 15 is 0 Å². The van der Waals surface area contributed by atoms with Crippen molar-refractivity contribution in [3.05, 3.63) is 191 Å². The van der Waals surface area contributed by atoms with Crippen molar-refractivity contribution in [2.75, 3.05) is 6.61 Å². The van der Waals surface area contributed by atoms with Gasteiger partial charge in [-0.2, -0.15) is 0 Å². The first-order valence-corrected chi connectivity index (χ1v) is 22.9. The molecule has 11 rings (SSSR count). The molecule has 0 fully saturated rings. The number of benzene rings is 7. The average Bonchev–Trinajstić information content (AvgIpc) is 3.78. The molecular weight excluding hydrogens is 968 g/mol. The van der Waals surface area contributed by atoms with Gasteiger partial charge in [-0.1, -0.05) is 19.9 Å². The van der Waals surface area contributed by atoms with Crippen LogP contribution in [0, 0.1) is 15.9 Å². The predicted molar refractivity (Wildman–Crippen MR) is 255 cm³/mol. The first kappa shape index (κ1) is 40.1. The van der Waals surface area contributed by atoms with Gasteiger partial charge in [-0.25, -0.2) is 0 Å². The van der Waals surface area contributed by atoms with Crippen molar-refractivity contribution in [3.8, 4) is 56.7 Å². The summed E-state index contributed by atoms with van der Waals surface area (Å²) in [6.45, 7) is 12.2. The molecule has 7 aromatic carbocycles. The van der Waals surface area contributed by atoms with Gasteiger partial charge < -0.3 is 4.74 Å². The summed E-state index contributed by atoms with van der Waals surface area (Å²) in [6, 6.07) is 63.0. The number of imidazole rings is 1. The molecule has 318 valence electrons. The number of fused-ring (bicyclic) bond motifs is 5. The Kier molecular flexibility index (Phi) is 9.70. The third-order valence-corrected chi connectivity index (χ3v) is 13.6. The number of ether oxygens (including phenoxy) is 2. The zero-order valence-electron chi connectivity index (χ0n) is 36.4. The first-order valence-electron chi connectivity index (χ1n) is 21.8. The predicted octanol–water partition coefficient (Wildman–Crippen LogP) is 14.1. The van der Waals surface area contributed by atoms with Gasteiger partial charge >= 0.3 is 320 Å². The van der Waals surface area contributed by atoms with Crippen LogP contribution in [0.15, 0.2) is 164 Å². The maximum absolute atomic E-state index is 6.72. The normalized spacial score (nSPS) is 13.6. The number of hydrogen-bond donors (Lipinski definition) is 0. The molecule has 6 nitrogen and oxygen atoms in total. The molecule has 0 saturated carbocycles. The zero-order valence-corrected chi connectivity index (χ0v) is 38.7. The Labute approximate surface area is 384 Å². The van der Waals surface area contributed by atoms with Crippen molar-refractivity contribution >= 4 is 32.8 Å². The van der Waals surface area contributed by atoms with Gasteiger partial charge in [0, 0.05) is 6.20 Å². The van der Waals surface area contributed by atoms with E-state index in [0.29, 0.717) is 18.1 Å². The summed E-state index contributed by atoms with van der Waals surface area (Å²) in [4.78, 5) is 4.79. The van der Waals surface area contributed by atoms with E-state index in [4.69, 9.17) is 14.5 Å². The Hall–Kier alpha value is -6.75. The van der Waals surface area contributed by atoms with E-state index in [0.717, 1.165) is 77.1 Å². The van der Waals surface area contributed by atoms with E-state index < -0.39 is 0 Å². The zero-order chi connectivity index (χ0) is 43.7. The minimum atomic E-state index is -0.0739. The molecule has 1 aliphatic heterocycles. The number of para-hydroxylation sites is 2. The molecule has 10 aromatic rings. The van der Waals surface area contributed by atoms with E-state index in [-0.39, 0.29) is 10.8 Å². The molecule has 7 heteroatoms. The Bertz CT molecular complexity index is 3410. The van der Waals surface area contributed by atoms with Crippen LogP contribution in [0.2, 0.25) is 0 Å². The summed E-state index contributed by atoms with van der Waals surface area (Å²) in [7, 11) is 0. The summed E-state index contributed by atoms with van der Waals surface area (Å²) >= 11 is 2.49. The molecule has 0 bridgehead atoms. The summed E-state index contributed by atoms with van der Waals surface area (Å²) in [6.07, 6.45) is 2.80. The van der Waals surface area contributed by atoms with E-state index in [1.54, 1.807) is 0 Å². The van der Waals surface area contributed by atoms with Crippen LogP contribution in [0.1, 0.15) is 52.2 Å². The van der Waals surface area contributed by atoms with Gasteiger partial charge in [0.25, 0.3) is 0 Å². The van der Waals surface area contributed by atoms with Crippen molar-refractivity contribution < 1.29 is 28.8 Å². The van der Waals surface area contributed by atoms with Crippen molar-refractivity contribution in [2.45, 2.75) is 51.9 Å². The van der Waals surface area contributed by atoms with Crippen molar-refractivity contribution in [1.29, 1.82) is 0 Å². The second-order valence-electron chi connectivity index (χ2n) is 18.3. The third-order valence-electron chi connectivity index (χ3n) is 12.6. The van der Waals surface area contributed by atoms with Crippen LogP contribution in [-0.2, 0) is 30.2 Å². The summed E-state index contributed by atoms with van der Waals surface area (Å²) in [5, 5.41) is 2.21. The number of pyridine rings is 1. The topological polar surface area (TPSA) is 46.1 Å². The Morgan fingerprint density at radius 2 is 1.30 bits per heavy atom. The number of rotatable bonds is 7. The van der Waals surface area contributed by atoms with Gasteiger partial charge in [0.2, 0.25) is 0 Å². The molecule has 0 aliphatic carbocycles. The summed E-state index contributed by atoms with van der Waals surface area (Å²) < 4.78 is 20.8. The van der Waals surface area contributed by atoms with Gasteiger partial charge in [-0.15, -0.1) is 0 Å². The van der Waals surface area contributed by atoms with Gasteiger partial charge in [-0.3, -0.25) is 0 Å². The van der Waals surface area contributed by atoms with Crippen LogP contribution >= 0.6 is 0 Å². The van der Waals surface area contributed by atoms with Gasteiger partial charge in [0.1, 0.15) is 5.75 Å². The number of hydrogen-bond acceptors (Lipinski definition) is 3. The third kappa shape index (κ3) is 6.83. The minimum absolute atomic E-state index is 0.00222. The van der Waals surface area contributed by atoms with Crippen molar-refractivity contribution in [1.82, 2.24) is 18.7 Å². The standard InChI is InChI=1S/C57H46N4O2.Pt/c1-56(2,3)40-31-45(38-17-8-6-9-18-38)55(46(32-40)39-19-10-7-11-20-39)60-37-59(49-23-12-13-24-50(49)60)41-21-16-22-42(33-41)63-43-26-27-44-47-35-48-53(62-30-28-57(48,4)5)36-52(47)61(51(44)34-43)54-25-14-15-29-58-54;/h6-27,29,31-32,35-36H,28,30H2,1-5H3;/q-2;. The molecule has 0 unspecified atom stereocenters. The van der Waals surface area contributed by atoms with Crippen molar-refractivity contribution in [3.63, 3.8) is 0 Å². The molecule has 0 saturated heterocycles. The fourth-order valence-electron chi connectivity index (χ4n) is 9.21. The monoisotopic (exact) mass is 1010 g/mol. The van der Waals surface area contributed by atoms with Crippen LogP contribution in [0.25, 0.3) is 72.3 Å². The Morgan fingerprint density at radius 1 is 0.641 bits per heavy atom. The van der Waals surface area contributed by atoms with E-state index in [2.05, 4.69) is 201 Å². The fourth-order valence-corrected chi connectivity index (χ4v) is 10.3. The Morgan fingerprint density at radius 3 is 1.97 bits per heavy atom. The molecule has 64 heavy (non-hydrogen) atoms. The quantitative estimate of drug-likeness (QED) is 0.149. The number of nitrogens with zero attached hydrogens (tertiary/aromatic N) is 4. The molecule has 0 atom stereocenters. The molecule has 0 radical (unpaired) electrons. The fraction of sp³-hybridized carbons (Fsp3) is 0.158. The molecule has 4 heterocycles. The van der Waals surface area contributed by atoms with Crippen LogP contribution in [0.4, 0.5) is 0 Å². The van der Waals surface area contributed by atoms with Crippen molar-refractivity contribution in [2.24, 2.45) is 0 Å². The van der Waals surface area contributed by atoms with Crippen LogP contribution in [0.5, 0.6) is 17.2 Å². The van der Waals surface area contributed by atoms with E-state index in [9.17, 15) is 0 Å². The molecule has 0 amide bonds. The van der Waals surface area contributed by atoms with E-state index in [1.807, 2.05) is 42.6 Å². The van der Waals surface area contributed by atoms with Gasteiger partial charge in [0.05, 0.1) is 6.61 Å². The Balaban J connectivity index is 1.07. The van der Waals surface area contributed by atoms with Gasteiger partial charge in [0.15, 0.2) is 0 Å². The maximum atomic E-state index is 6.72.